The van der Waals surface area contributed by atoms with Crippen molar-refractivity contribution < 1.29 is 23.5 Å². The number of pyridine rings is 1. The quantitative estimate of drug-likeness (QED) is 0.206. The van der Waals surface area contributed by atoms with E-state index in [2.05, 4.69) is 28.2 Å². The van der Waals surface area contributed by atoms with Crippen LogP contribution in [-0.2, 0) is 11.2 Å². The van der Waals surface area contributed by atoms with Crippen LogP contribution in [0.2, 0.25) is 15.2 Å². The molecule has 3 aromatic rings. The molecule has 2 saturated carbocycles. The average Bonchev–Trinajstić information content (AvgIpc) is 3.52. The number of amides is 2. The highest BCUT2D eigenvalue weighted by molar-refractivity contribution is 6.43. The van der Waals surface area contributed by atoms with Crippen LogP contribution in [0.1, 0.15) is 43.2 Å². The number of benzene rings is 2. The minimum absolute atomic E-state index is 0.0140. The number of nitrogens with one attached hydrogen (secondary N) is 1. The zero-order valence-corrected chi connectivity index (χ0v) is 27.1. The van der Waals surface area contributed by atoms with Gasteiger partial charge in [-0.05, 0) is 43.4 Å². The van der Waals surface area contributed by atoms with Gasteiger partial charge in [0.15, 0.2) is 5.82 Å². The van der Waals surface area contributed by atoms with E-state index in [1.54, 1.807) is 24.3 Å². The number of anilines is 1. The van der Waals surface area contributed by atoms with Crippen molar-refractivity contribution in [1.29, 1.82) is 5.26 Å². The highest BCUT2D eigenvalue weighted by atomic mass is 35.5. The lowest BCUT2D eigenvalue weighted by Crippen LogP contribution is -2.49. The van der Waals surface area contributed by atoms with Crippen molar-refractivity contribution in [3.05, 3.63) is 56.4 Å². The van der Waals surface area contributed by atoms with E-state index in [1.165, 1.54) is 9.80 Å². The summed E-state index contributed by atoms with van der Waals surface area (Å²) in [6.07, 6.45) is 0.341. The zero-order valence-electron chi connectivity index (χ0n) is 24.9. The molecular weight excluding hydrogens is 671 g/mol. The van der Waals surface area contributed by atoms with Gasteiger partial charge in [0.05, 0.1) is 52.0 Å². The molecule has 2 aromatic carbocycles. The fourth-order valence-electron chi connectivity index (χ4n) is 7.13. The van der Waals surface area contributed by atoms with Gasteiger partial charge in [0, 0.05) is 47.7 Å². The standard InChI is InChI=1S/C34H28Cl3F2N5O3/c35-24-5-1-4-21(27(24)36)26-17(3-2-10-40)11-23-30(41-29-18-12-25(29)44(14-18)34(46)47)22(32(37)42-31(23)28(26)39)9-8-20-13-19(38)15-43(20)33(45)16-6-7-16/h1,4-5,11,16,18-20,25,29H,2-3,6-7,12-15H2,(H,41,42)(H,46,47)/t18-,19+,20+,25-,29+/m1/s1. The van der Waals surface area contributed by atoms with Crippen LogP contribution in [0.15, 0.2) is 24.3 Å². The van der Waals surface area contributed by atoms with Gasteiger partial charge in [0.1, 0.15) is 16.8 Å². The first-order chi connectivity index (χ1) is 22.6. The van der Waals surface area contributed by atoms with E-state index < -0.39 is 24.1 Å². The number of likely N-dealkylation sites (tertiary alicyclic amines) is 1. The van der Waals surface area contributed by atoms with E-state index in [0.717, 1.165) is 12.8 Å². The van der Waals surface area contributed by atoms with Gasteiger partial charge in [0.2, 0.25) is 5.91 Å². The molecule has 8 rings (SSSR count). The first kappa shape index (κ1) is 31.8. The monoisotopic (exact) mass is 697 g/mol. The van der Waals surface area contributed by atoms with Crippen molar-refractivity contribution in [3.63, 3.8) is 0 Å². The number of hydrogen-bond donors (Lipinski definition) is 2. The summed E-state index contributed by atoms with van der Waals surface area (Å²) in [6, 6.07) is 7.44. The molecule has 2 N–H and O–H groups in total. The van der Waals surface area contributed by atoms with Crippen molar-refractivity contribution in [2.75, 3.05) is 18.4 Å². The molecular formula is C34H28Cl3F2N5O3. The number of alkyl halides is 1. The average molecular weight is 699 g/mol. The van der Waals surface area contributed by atoms with Crippen LogP contribution in [0, 0.1) is 40.8 Å². The summed E-state index contributed by atoms with van der Waals surface area (Å²) in [5.41, 5.74) is 1.46. The summed E-state index contributed by atoms with van der Waals surface area (Å²) in [6.45, 7) is 0.328. The second-order valence-electron chi connectivity index (χ2n) is 12.6. The van der Waals surface area contributed by atoms with Crippen LogP contribution in [0.5, 0.6) is 0 Å². The second-order valence-corrected chi connectivity index (χ2v) is 13.7. The number of fused-ring (bicyclic) bond motifs is 2. The Morgan fingerprint density at radius 3 is 2.64 bits per heavy atom. The van der Waals surface area contributed by atoms with Crippen LogP contribution in [-0.4, -0.2) is 69.3 Å². The Balaban J connectivity index is 1.40. The lowest BCUT2D eigenvalue weighted by Gasteiger charge is -2.37. The molecule has 4 heterocycles. The van der Waals surface area contributed by atoms with Gasteiger partial charge >= 0.3 is 6.09 Å². The molecule has 0 spiro atoms. The molecule has 13 heteroatoms. The lowest BCUT2D eigenvalue weighted by atomic mass is 9.79. The third kappa shape index (κ3) is 5.61. The third-order valence-electron chi connectivity index (χ3n) is 9.66. The molecule has 242 valence electrons. The number of aromatic nitrogens is 1. The summed E-state index contributed by atoms with van der Waals surface area (Å²) >= 11 is 19.6. The van der Waals surface area contributed by atoms with Gasteiger partial charge in [-0.2, -0.15) is 5.26 Å². The number of aryl methyl sites for hydroxylation is 1. The SMILES string of the molecule is N#CCCc1cc2c(N[C@H]3[C@@H]4C[C@H]3N(C(=O)O)C4)c(C#C[C@H]3C[C@H](F)CN3C(=O)C3CC3)c(Cl)nc2c(F)c1-c1cccc(Cl)c1Cl. The molecule has 2 amide bonds. The highest BCUT2D eigenvalue weighted by Crippen LogP contribution is 2.46. The highest BCUT2D eigenvalue weighted by Gasteiger charge is 2.54. The summed E-state index contributed by atoms with van der Waals surface area (Å²) in [5.74, 6) is 5.19. The Kier molecular flexibility index (Phi) is 8.32. The lowest BCUT2D eigenvalue weighted by molar-refractivity contribution is -0.132. The molecule has 3 aliphatic heterocycles. The Bertz CT molecular complexity index is 1940. The van der Waals surface area contributed by atoms with Crippen LogP contribution in [0.25, 0.3) is 22.0 Å². The molecule has 3 saturated heterocycles. The Hall–Kier alpha value is -3.83. The number of rotatable bonds is 6. The number of hydrogen-bond acceptors (Lipinski definition) is 5. The molecule has 5 fully saturated rings. The number of carbonyl (C=O) groups is 2. The maximum Gasteiger partial charge on any atom is 0.407 e. The largest absolute Gasteiger partial charge is 0.465 e. The first-order valence-corrected chi connectivity index (χ1v) is 16.6. The summed E-state index contributed by atoms with van der Waals surface area (Å²) in [5, 5.41) is 23.2. The van der Waals surface area contributed by atoms with Crippen LogP contribution in [0.4, 0.5) is 19.3 Å². The molecule has 47 heavy (non-hydrogen) atoms. The van der Waals surface area contributed by atoms with Gasteiger partial charge in [-0.15, -0.1) is 0 Å². The Labute approximate surface area is 284 Å². The zero-order chi connectivity index (χ0) is 33.1. The number of halogens is 5. The predicted octanol–water partition coefficient (Wildman–Crippen LogP) is 7.32. The van der Waals surface area contributed by atoms with E-state index in [9.17, 15) is 24.3 Å². The van der Waals surface area contributed by atoms with Crippen molar-refractivity contribution in [3.8, 4) is 29.0 Å². The van der Waals surface area contributed by atoms with E-state index in [-0.39, 0.29) is 87.5 Å². The molecule has 2 bridgehead atoms. The van der Waals surface area contributed by atoms with Gasteiger partial charge in [-0.3, -0.25) is 4.79 Å². The minimum Gasteiger partial charge on any atom is -0.465 e. The van der Waals surface area contributed by atoms with Crippen molar-refractivity contribution in [2.45, 2.75) is 62.8 Å². The number of carboxylic acid groups (broad SMARTS) is 1. The van der Waals surface area contributed by atoms with Gasteiger partial charge in [-0.1, -0.05) is 58.8 Å². The fourth-order valence-corrected chi connectivity index (χ4v) is 7.75. The topological polar surface area (TPSA) is 110 Å². The Morgan fingerprint density at radius 1 is 1.15 bits per heavy atom. The smallest absolute Gasteiger partial charge is 0.407 e. The van der Waals surface area contributed by atoms with Gasteiger partial charge < -0.3 is 20.2 Å². The minimum atomic E-state index is -1.21. The molecule has 0 unspecified atom stereocenters. The Morgan fingerprint density at radius 2 is 1.94 bits per heavy atom. The van der Waals surface area contributed by atoms with E-state index in [0.29, 0.717) is 35.2 Å². The van der Waals surface area contributed by atoms with E-state index >= 15 is 4.39 Å². The number of nitrogens with zero attached hydrogens (tertiary/aromatic N) is 4. The van der Waals surface area contributed by atoms with Crippen molar-refractivity contribution in [1.82, 2.24) is 14.8 Å². The molecule has 5 aliphatic rings. The predicted molar refractivity (Wildman–Crippen MR) is 175 cm³/mol. The number of carbonyl (C=O) groups excluding carboxylic acids is 1. The molecule has 2 aliphatic carbocycles. The molecule has 5 atom stereocenters. The third-order valence-corrected chi connectivity index (χ3v) is 10.8. The van der Waals surface area contributed by atoms with E-state index in [1.807, 2.05) is 0 Å². The molecule has 0 radical (unpaired) electrons. The maximum absolute atomic E-state index is 16.8. The van der Waals surface area contributed by atoms with Crippen LogP contribution in [0.3, 0.4) is 0 Å². The van der Waals surface area contributed by atoms with Crippen molar-refractivity contribution in [2.24, 2.45) is 11.8 Å². The van der Waals surface area contributed by atoms with Gasteiger partial charge in [-0.25, -0.2) is 18.6 Å². The molecule has 1 aromatic heterocycles. The van der Waals surface area contributed by atoms with E-state index in [4.69, 9.17) is 34.8 Å². The summed E-state index contributed by atoms with van der Waals surface area (Å²) < 4.78 is 31.3. The number of nitriles is 1. The van der Waals surface area contributed by atoms with Crippen LogP contribution < -0.4 is 5.32 Å². The normalized spacial score (nSPS) is 24.5. The fraction of sp³-hybridized carbons (Fsp3) is 0.412. The second kappa shape index (κ2) is 12.3. The first-order valence-electron chi connectivity index (χ1n) is 15.5. The maximum atomic E-state index is 16.8. The van der Waals surface area contributed by atoms with Crippen molar-refractivity contribution >= 4 is 63.4 Å². The summed E-state index contributed by atoms with van der Waals surface area (Å²) in [7, 11) is 0. The summed E-state index contributed by atoms with van der Waals surface area (Å²) in [4.78, 5) is 32.1. The van der Waals surface area contributed by atoms with Gasteiger partial charge in [0.25, 0.3) is 0 Å². The van der Waals surface area contributed by atoms with Crippen LogP contribution >= 0.6 is 34.8 Å². The molecule has 8 nitrogen and oxygen atoms in total.